The third-order valence-electron chi connectivity index (χ3n) is 5.48. The predicted octanol–water partition coefficient (Wildman–Crippen LogP) is 6.32. The van der Waals surface area contributed by atoms with Crippen LogP contribution < -0.4 is 10.2 Å². The smallest absolute Gasteiger partial charge is 0.271 e. The van der Waals surface area contributed by atoms with Crippen LogP contribution in [-0.2, 0) is 6.61 Å². The van der Waals surface area contributed by atoms with Crippen LogP contribution in [0, 0.1) is 5.82 Å². The van der Waals surface area contributed by atoms with Gasteiger partial charge in [-0.15, -0.1) is 0 Å². The number of ether oxygens (including phenoxy) is 1. The van der Waals surface area contributed by atoms with Crippen LogP contribution in [0.3, 0.4) is 0 Å². The van der Waals surface area contributed by atoms with Gasteiger partial charge in [-0.05, 0) is 53.9 Å². The van der Waals surface area contributed by atoms with Crippen molar-refractivity contribution in [3.8, 4) is 22.6 Å². The van der Waals surface area contributed by atoms with E-state index in [9.17, 15) is 14.3 Å². The average molecular weight is 469 g/mol. The van der Waals surface area contributed by atoms with Gasteiger partial charge >= 0.3 is 0 Å². The topological polar surface area (TPSA) is 70.9 Å². The molecule has 0 atom stereocenters. The molecule has 0 bridgehead atoms. The molecular weight excluding hydrogens is 443 g/mol. The number of hydrogen-bond acceptors (Lipinski definition) is 4. The van der Waals surface area contributed by atoms with Gasteiger partial charge < -0.3 is 9.84 Å². The third-order valence-corrected chi connectivity index (χ3v) is 5.48. The monoisotopic (exact) mass is 468 g/mol. The summed E-state index contributed by atoms with van der Waals surface area (Å²) >= 11 is 0. The van der Waals surface area contributed by atoms with Gasteiger partial charge in [0.2, 0.25) is 0 Å². The number of para-hydroxylation sites is 1. The molecule has 4 aromatic rings. The average Bonchev–Trinajstić information content (AvgIpc) is 2.90. The maximum Gasteiger partial charge on any atom is 0.271 e. The molecule has 0 saturated heterocycles. The summed E-state index contributed by atoms with van der Waals surface area (Å²) in [6.07, 6.45) is 0.401. The highest BCUT2D eigenvalue weighted by Crippen LogP contribution is 2.30. The van der Waals surface area contributed by atoms with E-state index in [4.69, 9.17) is 4.74 Å². The Morgan fingerprint density at radius 3 is 2.40 bits per heavy atom. The molecule has 176 valence electrons. The predicted molar refractivity (Wildman–Crippen MR) is 135 cm³/mol. The van der Waals surface area contributed by atoms with Crippen LogP contribution in [0.2, 0.25) is 0 Å². The van der Waals surface area contributed by atoms with Gasteiger partial charge in [-0.2, -0.15) is 5.10 Å². The number of benzene rings is 4. The maximum atomic E-state index is 13.6. The van der Waals surface area contributed by atoms with Crippen molar-refractivity contribution < 1.29 is 19.0 Å². The molecule has 4 aromatic carbocycles. The molecule has 0 unspecified atom stereocenters. The van der Waals surface area contributed by atoms with Gasteiger partial charge in [0, 0.05) is 16.7 Å². The Labute approximate surface area is 203 Å². The van der Waals surface area contributed by atoms with E-state index in [0.29, 0.717) is 24.3 Å². The van der Waals surface area contributed by atoms with Crippen molar-refractivity contribution in [2.75, 3.05) is 0 Å². The van der Waals surface area contributed by atoms with E-state index < -0.39 is 11.7 Å². The number of nitrogens with zero attached hydrogens (tertiary/aromatic N) is 1. The molecule has 4 rings (SSSR count). The Morgan fingerprint density at radius 2 is 1.66 bits per heavy atom. The van der Waals surface area contributed by atoms with Gasteiger partial charge in [0.05, 0.1) is 5.71 Å². The second-order valence-electron chi connectivity index (χ2n) is 7.86. The molecule has 0 fully saturated rings. The van der Waals surface area contributed by atoms with Crippen molar-refractivity contribution in [3.63, 3.8) is 0 Å². The summed E-state index contributed by atoms with van der Waals surface area (Å²) < 4.78 is 19.6. The number of carbonyl (C=O) groups excluding carboxylic acids is 1. The first-order valence-corrected chi connectivity index (χ1v) is 11.3. The minimum Gasteiger partial charge on any atom is -0.507 e. The fraction of sp³-hybridized carbons (Fsp3) is 0.103. The van der Waals surface area contributed by atoms with Crippen LogP contribution in [0.1, 0.15) is 34.8 Å². The summed E-state index contributed by atoms with van der Waals surface area (Å²) in [5, 5.41) is 14.1. The van der Waals surface area contributed by atoms with Crippen molar-refractivity contribution in [1.29, 1.82) is 0 Å². The van der Waals surface area contributed by atoms with E-state index in [1.54, 1.807) is 19.1 Å². The van der Waals surface area contributed by atoms with Gasteiger partial charge in [-0.1, -0.05) is 67.6 Å². The Balaban J connectivity index is 1.41. The molecular formula is C29H25FN2O3. The number of hydrazone groups is 1. The van der Waals surface area contributed by atoms with E-state index in [2.05, 4.69) is 10.5 Å². The molecule has 0 aromatic heterocycles. The SMILES string of the molecule is CCC(=NNC(=O)c1ccc(COc2ccccc2-c2ccccc2)cc1)c1cc(F)ccc1O. The number of nitrogens with one attached hydrogen (secondary N) is 1. The Kier molecular flexibility index (Phi) is 7.53. The number of rotatable bonds is 8. The second kappa shape index (κ2) is 11.1. The van der Waals surface area contributed by atoms with Gasteiger partial charge in [0.1, 0.15) is 23.9 Å². The van der Waals surface area contributed by atoms with E-state index in [1.807, 2.05) is 66.7 Å². The van der Waals surface area contributed by atoms with Crippen LogP contribution >= 0.6 is 0 Å². The normalized spacial score (nSPS) is 11.2. The van der Waals surface area contributed by atoms with Crippen LogP contribution in [0.15, 0.2) is 102 Å². The Hall–Kier alpha value is -4.45. The number of phenolic OH excluding ortho intramolecular Hbond substituents is 1. The summed E-state index contributed by atoms with van der Waals surface area (Å²) in [5.41, 5.74) is 6.52. The molecule has 0 aliphatic heterocycles. The van der Waals surface area contributed by atoms with E-state index in [0.717, 1.165) is 28.5 Å². The summed E-state index contributed by atoms with van der Waals surface area (Å²) in [6, 6.07) is 28.5. The van der Waals surface area contributed by atoms with Crippen LogP contribution in [0.25, 0.3) is 11.1 Å². The number of aromatic hydroxyl groups is 1. The van der Waals surface area contributed by atoms with Crippen molar-refractivity contribution in [1.82, 2.24) is 5.43 Å². The first-order valence-electron chi connectivity index (χ1n) is 11.3. The van der Waals surface area contributed by atoms with E-state index in [1.165, 1.54) is 12.1 Å². The van der Waals surface area contributed by atoms with E-state index >= 15 is 0 Å². The highest BCUT2D eigenvalue weighted by Gasteiger charge is 2.11. The lowest BCUT2D eigenvalue weighted by Crippen LogP contribution is -2.20. The zero-order chi connectivity index (χ0) is 24.6. The minimum absolute atomic E-state index is 0.0977. The number of carbonyl (C=O) groups is 1. The van der Waals surface area contributed by atoms with Crippen LogP contribution in [0.4, 0.5) is 4.39 Å². The van der Waals surface area contributed by atoms with E-state index in [-0.39, 0.29) is 11.3 Å². The first-order chi connectivity index (χ1) is 17.0. The van der Waals surface area contributed by atoms with Crippen molar-refractivity contribution in [2.24, 2.45) is 5.10 Å². The molecule has 1 amide bonds. The maximum absolute atomic E-state index is 13.6. The molecule has 5 nitrogen and oxygen atoms in total. The lowest BCUT2D eigenvalue weighted by atomic mass is 10.0. The minimum atomic E-state index is -0.491. The van der Waals surface area contributed by atoms with Gasteiger partial charge in [-0.3, -0.25) is 4.79 Å². The number of hydrogen-bond donors (Lipinski definition) is 2. The quantitative estimate of drug-likeness (QED) is 0.235. The van der Waals surface area contributed by atoms with Crippen LogP contribution in [-0.4, -0.2) is 16.7 Å². The zero-order valence-corrected chi connectivity index (χ0v) is 19.2. The second-order valence-corrected chi connectivity index (χ2v) is 7.86. The fourth-order valence-corrected chi connectivity index (χ4v) is 3.61. The molecule has 35 heavy (non-hydrogen) atoms. The molecule has 0 saturated carbocycles. The highest BCUT2D eigenvalue weighted by molar-refractivity contribution is 6.04. The molecule has 0 aliphatic carbocycles. The van der Waals surface area contributed by atoms with Crippen molar-refractivity contribution >= 4 is 11.6 Å². The number of phenols is 1. The van der Waals surface area contributed by atoms with Gasteiger partial charge in [0.15, 0.2) is 0 Å². The molecule has 0 heterocycles. The van der Waals surface area contributed by atoms with Crippen molar-refractivity contribution in [2.45, 2.75) is 20.0 Å². The largest absolute Gasteiger partial charge is 0.507 e. The summed E-state index contributed by atoms with van der Waals surface area (Å²) in [7, 11) is 0. The molecule has 2 N–H and O–H groups in total. The Morgan fingerprint density at radius 1 is 0.943 bits per heavy atom. The third kappa shape index (κ3) is 5.92. The standard InChI is InChI=1S/C29H25FN2O3/c1-2-26(25-18-23(30)16-17-27(25)33)31-32-29(34)22-14-12-20(13-15-22)19-35-28-11-7-6-10-24(28)21-8-4-3-5-9-21/h3-18,33H,2,19H2,1H3,(H,32,34). The molecule has 0 radical (unpaired) electrons. The molecule has 6 heteroatoms. The Bertz CT molecular complexity index is 1340. The van der Waals surface area contributed by atoms with Crippen LogP contribution in [0.5, 0.6) is 11.5 Å². The number of amides is 1. The lowest BCUT2D eigenvalue weighted by molar-refractivity contribution is 0.0954. The zero-order valence-electron chi connectivity index (χ0n) is 19.2. The summed E-state index contributed by atoms with van der Waals surface area (Å²) in [6.45, 7) is 2.16. The van der Waals surface area contributed by atoms with Crippen molar-refractivity contribution in [3.05, 3.63) is 120 Å². The summed E-state index contributed by atoms with van der Waals surface area (Å²) in [5.74, 6) is -0.217. The highest BCUT2D eigenvalue weighted by atomic mass is 19.1. The molecule has 0 aliphatic rings. The summed E-state index contributed by atoms with van der Waals surface area (Å²) in [4.78, 5) is 12.6. The number of halogens is 1. The lowest BCUT2D eigenvalue weighted by Gasteiger charge is -2.12. The molecule has 0 spiro atoms. The van der Waals surface area contributed by atoms with Gasteiger partial charge in [-0.25, -0.2) is 9.82 Å². The van der Waals surface area contributed by atoms with Gasteiger partial charge in [0.25, 0.3) is 5.91 Å². The first kappa shape index (κ1) is 23.7. The fourth-order valence-electron chi connectivity index (χ4n) is 3.61.